The maximum Gasteiger partial charge on any atom is 0.250 e. The van der Waals surface area contributed by atoms with Crippen LogP contribution in [0.2, 0.25) is 0 Å². The first-order chi connectivity index (χ1) is 9.90. The molecular weight excluding hydrogens is 318 g/mol. The van der Waals surface area contributed by atoms with Crippen molar-refractivity contribution < 1.29 is 0 Å². The van der Waals surface area contributed by atoms with E-state index in [1.54, 1.807) is 0 Å². The second kappa shape index (κ2) is 6.35. The van der Waals surface area contributed by atoms with Crippen LogP contribution in [0.5, 0.6) is 0 Å². The fourth-order valence-corrected chi connectivity index (χ4v) is 3.23. The van der Waals surface area contributed by atoms with E-state index in [0.29, 0.717) is 6.04 Å². The predicted octanol–water partition coefficient (Wildman–Crippen LogP) is 2.81. The molecule has 3 rings (SSSR count). The number of tetrazole rings is 1. The summed E-state index contributed by atoms with van der Waals surface area (Å²) in [4.78, 5) is 2.34. The average molecular weight is 336 g/mol. The number of para-hydroxylation sites is 1. The van der Waals surface area contributed by atoms with Crippen molar-refractivity contribution in [3.05, 3.63) is 30.3 Å². The Labute approximate surface area is 127 Å². The van der Waals surface area contributed by atoms with Gasteiger partial charge in [0.05, 0.1) is 5.69 Å². The maximum atomic E-state index is 4.26. The molecule has 2 aromatic rings. The summed E-state index contributed by atoms with van der Waals surface area (Å²) >= 11 is 3.54. The van der Waals surface area contributed by atoms with Gasteiger partial charge in [0.1, 0.15) is 0 Å². The second-order valence-corrected chi connectivity index (χ2v) is 5.84. The Balaban J connectivity index is 1.93. The summed E-state index contributed by atoms with van der Waals surface area (Å²) in [6.07, 6.45) is 5.07. The van der Waals surface area contributed by atoms with E-state index in [9.17, 15) is 0 Å². The van der Waals surface area contributed by atoms with Crippen LogP contribution in [0, 0.1) is 0 Å². The highest BCUT2D eigenvalue weighted by molar-refractivity contribution is 9.09. The Bertz CT molecular complexity index is 536. The van der Waals surface area contributed by atoms with Gasteiger partial charge < -0.3 is 4.90 Å². The minimum Gasteiger partial charge on any atom is -0.336 e. The van der Waals surface area contributed by atoms with Gasteiger partial charge >= 0.3 is 0 Å². The lowest BCUT2D eigenvalue weighted by Gasteiger charge is -2.28. The Morgan fingerprint density at radius 3 is 2.65 bits per heavy atom. The first-order valence-corrected chi connectivity index (χ1v) is 8.18. The standard InChI is InChI=1S/C14H18BrN5/c15-10-11-19(12-6-4-5-7-12)14-16-17-18-20(14)13-8-2-1-3-9-13/h1-3,8-9,12H,4-7,10-11H2. The first-order valence-electron chi connectivity index (χ1n) is 7.06. The van der Waals surface area contributed by atoms with Crippen molar-refractivity contribution in [2.75, 3.05) is 16.8 Å². The van der Waals surface area contributed by atoms with Crippen molar-refractivity contribution in [2.24, 2.45) is 0 Å². The molecule has 20 heavy (non-hydrogen) atoms. The molecule has 1 heterocycles. The average Bonchev–Trinajstić information content (AvgIpc) is 3.17. The second-order valence-electron chi connectivity index (χ2n) is 5.05. The van der Waals surface area contributed by atoms with E-state index in [0.717, 1.165) is 23.5 Å². The van der Waals surface area contributed by atoms with Crippen LogP contribution >= 0.6 is 15.9 Å². The van der Waals surface area contributed by atoms with Gasteiger partial charge in [0.15, 0.2) is 0 Å². The van der Waals surface area contributed by atoms with E-state index >= 15 is 0 Å². The normalized spacial score (nSPS) is 15.7. The van der Waals surface area contributed by atoms with Crippen LogP contribution in [-0.4, -0.2) is 38.1 Å². The third kappa shape index (κ3) is 2.70. The quantitative estimate of drug-likeness (QED) is 0.788. The molecule has 0 unspecified atom stereocenters. The topological polar surface area (TPSA) is 46.8 Å². The number of rotatable bonds is 5. The molecule has 1 saturated carbocycles. The van der Waals surface area contributed by atoms with Crippen molar-refractivity contribution in [2.45, 2.75) is 31.7 Å². The predicted molar refractivity (Wildman–Crippen MR) is 82.6 cm³/mol. The molecule has 1 aliphatic carbocycles. The van der Waals surface area contributed by atoms with Crippen molar-refractivity contribution in [1.29, 1.82) is 0 Å². The SMILES string of the molecule is BrCCN(c1nnnn1-c1ccccc1)C1CCCC1. The molecule has 1 aromatic heterocycles. The summed E-state index contributed by atoms with van der Waals surface area (Å²) < 4.78 is 1.83. The molecule has 0 bridgehead atoms. The molecule has 0 radical (unpaired) electrons. The summed E-state index contributed by atoms with van der Waals surface area (Å²) in [5.41, 5.74) is 1.00. The summed E-state index contributed by atoms with van der Waals surface area (Å²) in [6, 6.07) is 10.6. The van der Waals surface area contributed by atoms with Crippen molar-refractivity contribution in [3.63, 3.8) is 0 Å². The molecular formula is C14H18BrN5. The molecule has 106 valence electrons. The van der Waals surface area contributed by atoms with Crippen molar-refractivity contribution >= 4 is 21.9 Å². The van der Waals surface area contributed by atoms with Gasteiger partial charge in [-0.25, -0.2) is 0 Å². The highest BCUT2D eigenvalue weighted by Crippen LogP contribution is 2.27. The summed E-state index contributed by atoms with van der Waals surface area (Å²) in [6.45, 7) is 0.928. The molecule has 0 atom stereocenters. The number of hydrogen-bond donors (Lipinski definition) is 0. The smallest absolute Gasteiger partial charge is 0.250 e. The fraction of sp³-hybridized carbons (Fsp3) is 0.500. The number of aromatic nitrogens is 4. The van der Waals surface area contributed by atoms with Gasteiger partial charge in [-0.15, -0.1) is 0 Å². The van der Waals surface area contributed by atoms with Crippen molar-refractivity contribution in [1.82, 2.24) is 20.2 Å². The number of nitrogens with zero attached hydrogens (tertiary/aromatic N) is 5. The third-order valence-electron chi connectivity index (χ3n) is 3.80. The van der Waals surface area contributed by atoms with E-state index in [4.69, 9.17) is 0 Å². The molecule has 0 amide bonds. The van der Waals surface area contributed by atoms with Crippen LogP contribution < -0.4 is 4.90 Å². The molecule has 1 aromatic carbocycles. The Kier molecular flexibility index (Phi) is 4.30. The highest BCUT2D eigenvalue weighted by Gasteiger charge is 2.26. The van der Waals surface area contributed by atoms with Crippen LogP contribution in [0.25, 0.3) is 5.69 Å². The fourth-order valence-electron chi connectivity index (χ4n) is 2.85. The Morgan fingerprint density at radius 2 is 1.95 bits per heavy atom. The molecule has 0 N–H and O–H groups in total. The minimum absolute atomic E-state index is 0.556. The zero-order valence-electron chi connectivity index (χ0n) is 11.3. The minimum atomic E-state index is 0.556. The lowest BCUT2D eigenvalue weighted by molar-refractivity contribution is 0.599. The van der Waals surface area contributed by atoms with E-state index in [1.165, 1.54) is 25.7 Å². The van der Waals surface area contributed by atoms with Gasteiger partial charge in [0.2, 0.25) is 0 Å². The number of anilines is 1. The summed E-state index contributed by atoms with van der Waals surface area (Å²) in [7, 11) is 0. The van der Waals surface area contributed by atoms with Gasteiger partial charge in [-0.05, 0) is 35.4 Å². The zero-order valence-corrected chi connectivity index (χ0v) is 12.9. The largest absolute Gasteiger partial charge is 0.336 e. The van der Waals surface area contributed by atoms with Crippen LogP contribution in [0.3, 0.4) is 0 Å². The number of benzene rings is 1. The van der Waals surface area contributed by atoms with Crippen LogP contribution in [0.4, 0.5) is 5.95 Å². The van der Waals surface area contributed by atoms with Crippen LogP contribution in [0.15, 0.2) is 30.3 Å². The Hall–Kier alpha value is -1.43. The van der Waals surface area contributed by atoms with E-state index in [1.807, 2.05) is 35.0 Å². The third-order valence-corrected chi connectivity index (χ3v) is 4.16. The van der Waals surface area contributed by atoms with Crippen LogP contribution in [0.1, 0.15) is 25.7 Å². The van der Waals surface area contributed by atoms with Crippen LogP contribution in [-0.2, 0) is 0 Å². The van der Waals surface area contributed by atoms with E-state index in [2.05, 4.69) is 36.4 Å². The molecule has 5 nitrogen and oxygen atoms in total. The molecule has 0 aliphatic heterocycles. The lowest BCUT2D eigenvalue weighted by Crippen LogP contribution is -2.37. The van der Waals surface area contributed by atoms with Crippen molar-refractivity contribution in [3.8, 4) is 5.69 Å². The first kappa shape index (κ1) is 13.5. The van der Waals surface area contributed by atoms with Gasteiger partial charge in [-0.2, -0.15) is 4.68 Å². The van der Waals surface area contributed by atoms with Gasteiger partial charge in [-0.3, -0.25) is 0 Å². The molecule has 6 heteroatoms. The number of hydrogen-bond acceptors (Lipinski definition) is 4. The monoisotopic (exact) mass is 335 g/mol. The van der Waals surface area contributed by atoms with Gasteiger partial charge in [0, 0.05) is 17.9 Å². The maximum absolute atomic E-state index is 4.26. The lowest BCUT2D eigenvalue weighted by atomic mass is 10.2. The summed E-state index contributed by atoms with van der Waals surface area (Å²) in [5.74, 6) is 0.850. The zero-order chi connectivity index (χ0) is 13.8. The van der Waals surface area contributed by atoms with Gasteiger partial charge in [0.25, 0.3) is 5.95 Å². The number of alkyl halides is 1. The van der Waals surface area contributed by atoms with E-state index in [-0.39, 0.29) is 0 Å². The highest BCUT2D eigenvalue weighted by atomic mass is 79.9. The molecule has 1 aliphatic rings. The van der Waals surface area contributed by atoms with E-state index < -0.39 is 0 Å². The molecule has 0 spiro atoms. The molecule has 1 fully saturated rings. The molecule has 0 saturated heterocycles. The Morgan fingerprint density at radius 1 is 1.20 bits per heavy atom. The summed E-state index contributed by atoms with van der Waals surface area (Å²) in [5, 5.41) is 13.2. The van der Waals surface area contributed by atoms with Gasteiger partial charge in [-0.1, -0.05) is 52.1 Å². The number of halogens is 1.